The first kappa shape index (κ1) is 20.8. The van der Waals surface area contributed by atoms with Gasteiger partial charge in [-0.1, -0.05) is 71.4 Å². The molecule has 3 rings (SSSR count). The molecule has 0 spiro atoms. The van der Waals surface area contributed by atoms with Gasteiger partial charge in [-0.25, -0.2) is 4.85 Å². The highest BCUT2D eigenvalue weighted by Gasteiger charge is 2.18. The van der Waals surface area contributed by atoms with Crippen LogP contribution >= 0.6 is 0 Å². The van der Waals surface area contributed by atoms with Crippen LogP contribution in [0.1, 0.15) is 69.6 Å². The summed E-state index contributed by atoms with van der Waals surface area (Å²) < 4.78 is 0. The molecule has 0 atom stereocenters. The van der Waals surface area contributed by atoms with E-state index in [9.17, 15) is 0 Å². The van der Waals surface area contributed by atoms with Crippen LogP contribution in [0.4, 0.5) is 5.69 Å². The van der Waals surface area contributed by atoms with E-state index >= 15 is 0 Å². The predicted octanol–water partition coefficient (Wildman–Crippen LogP) is 8.17. The van der Waals surface area contributed by atoms with Crippen LogP contribution in [0.25, 0.3) is 27.2 Å². The molecular formula is C27H30N2. The number of hydrogen-bond donors (Lipinski definition) is 0. The minimum Gasteiger partial charge on any atom is -0.256 e. The molecule has 0 fully saturated rings. The normalized spacial score (nSPS) is 11.1. The molecule has 148 valence electrons. The van der Waals surface area contributed by atoms with E-state index < -0.39 is 0 Å². The van der Waals surface area contributed by atoms with Crippen LogP contribution in [-0.2, 0) is 6.42 Å². The Balaban J connectivity index is 2.21. The lowest BCUT2D eigenvalue weighted by Crippen LogP contribution is -2.03. The van der Waals surface area contributed by atoms with Gasteiger partial charge in [-0.05, 0) is 69.8 Å². The molecule has 0 aliphatic rings. The maximum Gasteiger partial charge on any atom is 0.187 e. The summed E-state index contributed by atoms with van der Waals surface area (Å²) in [5, 5.41) is 0. The topological polar surface area (TPSA) is 17.2 Å². The Morgan fingerprint density at radius 2 is 1.59 bits per heavy atom. The minimum absolute atomic E-state index is 0.446. The van der Waals surface area contributed by atoms with Crippen LogP contribution in [0.5, 0.6) is 0 Å². The lowest BCUT2D eigenvalue weighted by atomic mass is 9.83. The fourth-order valence-corrected chi connectivity index (χ4v) is 3.91. The van der Waals surface area contributed by atoms with Crippen molar-refractivity contribution >= 4 is 5.69 Å². The maximum absolute atomic E-state index is 7.29. The lowest BCUT2D eigenvalue weighted by molar-refractivity contribution is 0.823. The van der Waals surface area contributed by atoms with Gasteiger partial charge in [0.05, 0.1) is 12.3 Å². The van der Waals surface area contributed by atoms with Gasteiger partial charge in [0.2, 0.25) is 0 Å². The fraction of sp³-hybridized carbons (Fsp3) is 0.333. The van der Waals surface area contributed by atoms with E-state index in [1.54, 1.807) is 0 Å². The Morgan fingerprint density at radius 1 is 0.897 bits per heavy atom. The largest absolute Gasteiger partial charge is 0.256 e. The van der Waals surface area contributed by atoms with Crippen molar-refractivity contribution in [2.24, 2.45) is 0 Å². The van der Waals surface area contributed by atoms with Crippen molar-refractivity contribution in [1.82, 2.24) is 4.98 Å². The van der Waals surface area contributed by atoms with E-state index in [2.05, 4.69) is 68.7 Å². The summed E-state index contributed by atoms with van der Waals surface area (Å²) in [5.74, 6) is 0.891. The number of pyridine rings is 1. The molecular weight excluding hydrogens is 352 g/mol. The quantitative estimate of drug-likeness (QED) is 0.393. The van der Waals surface area contributed by atoms with Gasteiger partial charge in [0.15, 0.2) is 5.69 Å². The molecule has 2 nitrogen and oxygen atoms in total. The SMILES string of the molecule is [C-]#[N+]c1cccc(-c2cc(-c3c(C(C)C)cc(CCC)cc3C(C)C)ccn2)c1. The monoisotopic (exact) mass is 382 g/mol. The van der Waals surface area contributed by atoms with Crippen LogP contribution in [0.2, 0.25) is 0 Å². The summed E-state index contributed by atoms with van der Waals surface area (Å²) in [6.07, 6.45) is 4.17. The molecule has 0 saturated heterocycles. The molecule has 0 aliphatic heterocycles. The van der Waals surface area contributed by atoms with Gasteiger partial charge in [-0.3, -0.25) is 4.98 Å². The van der Waals surface area contributed by atoms with Crippen molar-refractivity contribution in [3.05, 3.63) is 82.8 Å². The molecule has 0 radical (unpaired) electrons. The van der Waals surface area contributed by atoms with E-state index in [0.29, 0.717) is 17.5 Å². The first-order chi connectivity index (χ1) is 13.9. The Kier molecular flexibility index (Phi) is 6.49. The van der Waals surface area contributed by atoms with Crippen LogP contribution in [0, 0.1) is 6.57 Å². The van der Waals surface area contributed by atoms with Gasteiger partial charge in [0.1, 0.15) is 0 Å². The second kappa shape index (κ2) is 9.05. The number of rotatable bonds is 6. The second-order valence-corrected chi connectivity index (χ2v) is 8.30. The van der Waals surface area contributed by atoms with Crippen molar-refractivity contribution < 1.29 is 0 Å². The molecule has 3 aromatic rings. The maximum atomic E-state index is 7.29. The van der Waals surface area contributed by atoms with Crippen molar-refractivity contribution in [3.8, 4) is 22.4 Å². The van der Waals surface area contributed by atoms with Crippen molar-refractivity contribution in [2.45, 2.75) is 59.3 Å². The van der Waals surface area contributed by atoms with Crippen LogP contribution in [0.3, 0.4) is 0 Å². The van der Waals surface area contributed by atoms with Crippen LogP contribution in [0.15, 0.2) is 54.7 Å². The number of hydrogen-bond acceptors (Lipinski definition) is 1. The van der Waals surface area contributed by atoms with Crippen molar-refractivity contribution in [3.63, 3.8) is 0 Å². The highest BCUT2D eigenvalue weighted by Crippen LogP contribution is 2.38. The van der Waals surface area contributed by atoms with Gasteiger partial charge in [-0.2, -0.15) is 0 Å². The highest BCUT2D eigenvalue weighted by atomic mass is 14.7. The third kappa shape index (κ3) is 4.57. The Hall–Kier alpha value is -2.92. The van der Waals surface area contributed by atoms with E-state index in [1.807, 2.05) is 30.5 Å². The summed E-state index contributed by atoms with van der Waals surface area (Å²) >= 11 is 0. The molecule has 0 bridgehead atoms. The van der Waals surface area contributed by atoms with Gasteiger partial charge in [-0.15, -0.1) is 0 Å². The zero-order valence-corrected chi connectivity index (χ0v) is 18.2. The van der Waals surface area contributed by atoms with E-state index in [-0.39, 0.29) is 0 Å². The summed E-state index contributed by atoms with van der Waals surface area (Å²) in [4.78, 5) is 8.17. The van der Waals surface area contributed by atoms with E-state index in [1.165, 1.54) is 27.8 Å². The van der Waals surface area contributed by atoms with Crippen LogP contribution < -0.4 is 0 Å². The Labute approximate surface area is 175 Å². The summed E-state index contributed by atoms with van der Waals surface area (Å²) in [6, 6.07) is 16.8. The second-order valence-electron chi connectivity index (χ2n) is 8.30. The van der Waals surface area contributed by atoms with Crippen molar-refractivity contribution in [2.75, 3.05) is 0 Å². The minimum atomic E-state index is 0.446. The summed E-state index contributed by atoms with van der Waals surface area (Å²) in [6.45, 7) is 18.6. The smallest absolute Gasteiger partial charge is 0.187 e. The number of benzene rings is 2. The molecule has 1 heterocycles. The first-order valence-corrected chi connectivity index (χ1v) is 10.6. The van der Waals surface area contributed by atoms with E-state index in [0.717, 1.165) is 24.1 Å². The third-order valence-corrected chi connectivity index (χ3v) is 5.36. The van der Waals surface area contributed by atoms with Crippen LogP contribution in [-0.4, -0.2) is 4.98 Å². The van der Waals surface area contributed by atoms with E-state index in [4.69, 9.17) is 6.57 Å². The summed E-state index contributed by atoms with van der Waals surface area (Å²) in [7, 11) is 0. The third-order valence-electron chi connectivity index (χ3n) is 5.36. The molecule has 2 aromatic carbocycles. The average molecular weight is 383 g/mol. The fourth-order valence-electron chi connectivity index (χ4n) is 3.91. The zero-order chi connectivity index (χ0) is 21.0. The number of nitrogens with zero attached hydrogens (tertiary/aromatic N) is 2. The Morgan fingerprint density at radius 3 is 2.17 bits per heavy atom. The molecule has 0 N–H and O–H groups in total. The highest BCUT2D eigenvalue weighted by molar-refractivity contribution is 5.77. The Bertz CT molecular complexity index is 1010. The average Bonchev–Trinajstić information content (AvgIpc) is 2.73. The zero-order valence-electron chi connectivity index (χ0n) is 18.2. The molecule has 2 heteroatoms. The molecule has 0 aliphatic carbocycles. The summed E-state index contributed by atoms with van der Waals surface area (Å²) in [5.41, 5.74) is 9.35. The first-order valence-electron chi connectivity index (χ1n) is 10.6. The van der Waals surface area contributed by atoms with Gasteiger partial charge >= 0.3 is 0 Å². The standard InChI is InChI=1S/C27H30N2/c1-7-9-20-14-24(18(2)3)27(25(15-20)19(4)5)22-12-13-29-26(17-22)21-10-8-11-23(16-21)28-6/h8,10-19H,7,9H2,1-5H3. The molecule has 0 unspecified atom stereocenters. The van der Waals surface area contributed by atoms with Gasteiger partial charge in [0.25, 0.3) is 0 Å². The number of aromatic nitrogens is 1. The number of aryl methyl sites for hydroxylation is 1. The molecule has 1 aromatic heterocycles. The predicted molar refractivity (Wildman–Crippen MR) is 124 cm³/mol. The van der Waals surface area contributed by atoms with Gasteiger partial charge < -0.3 is 0 Å². The van der Waals surface area contributed by atoms with Gasteiger partial charge in [0, 0.05) is 6.20 Å². The molecule has 0 saturated carbocycles. The molecule has 0 amide bonds. The van der Waals surface area contributed by atoms with Crippen molar-refractivity contribution in [1.29, 1.82) is 0 Å². The molecule has 29 heavy (non-hydrogen) atoms. The lowest BCUT2D eigenvalue weighted by Gasteiger charge is -2.22.